The van der Waals surface area contributed by atoms with E-state index in [1.807, 2.05) is 0 Å². The molecule has 35 heavy (non-hydrogen) atoms. The lowest BCUT2D eigenvalue weighted by Crippen LogP contribution is -2.41. The van der Waals surface area contributed by atoms with Crippen molar-refractivity contribution in [1.82, 2.24) is 0 Å². The van der Waals surface area contributed by atoms with Crippen LogP contribution in [0.1, 0.15) is 17.2 Å². The van der Waals surface area contributed by atoms with E-state index in [1.165, 1.54) is 23.2 Å². The fourth-order valence-electron chi connectivity index (χ4n) is 3.84. The Bertz CT molecular complexity index is 1410. The highest BCUT2D eigenvalue weighted by Crippen LogP contribution is 2.43. The summed E-state index contributed by atoms with van der Waals surface area (Å²) in [6, 6.07) is 14.7. The number of anilines is 1. The maximum atomic E-state index is 13.8. The quantitative estimate of drug-likeness (QED) is 0.477. The molecular weight excluding hydrogens is 526 g/mol. The summed E-state index contributed by atoms with van der Waals surface area (Å²) in [5, 5.41) is 4.31. The normalized spacial score (nSPS) is 18.4. The van der Waals surface area contributed by atoms with Gasteiger partial charge in [-0.05, 0) is 48.0 Å². The number of sulfone groups is 1. The number of rotatable bonds is 5. The third-order valence-corrected chi connectivity index (χ3v) is 8.05. The lowest BCUT2D eigenvalue weighted by Gasteiger charge is -2.29. The van der Waals surface area contributed by atoms with Crippen LogP contribution in [0.25, 0.3) is 0 Å². The second-order valence-electron chi connectivity index (χ2n) is 7.63. The van der Waals surface area contributed by atoms with Crippen molar-refractivity contribution in [3.05, 3.63) is 94.0 Å². The number of halogens is 5. The van der Waals surface area contributed by atoms with Gasteiger partial charge in [-0.25, -0.2) is 8.42 Å². The molecule has 0 radical (unpaired) electrons. The van der Waals surface area contributed by atoms with E-state index < -0.39 is 49.4 Å². The molecule has 0 aromatic heterocycles. The molecule has 1 aliphatic rings. The number of carbonyl (C=O) groups is 1. The van der Waals surface area contributed by atoms with Gasteiger partial charge in [0.2, 0.25) is 0 Å². The van der Waals surface area contributed by atoms with Crippen molar-refractivity contribution in [2.24, 2.45) is 10.8 Å². The van der Waals surface area contributed by atoms with E-state index in [9.17, 15) is 26.4 Å². The van der Waals surface area contributed by atoms with Gasteiger partial charge in [0.05, 0.1) is 21.2 Å². The standard InChI is InChI=1S/C23H16Cl2F3N3O3S/c24-15-8-11-18(17(25)12-15)31-20(13-4-2-1-3-5-13)21(19(30-31)22(29)32)35(33,34)16-9-6-14(7-10-16)23(26,27)28/h1-12,20-21H,(H2,29,32). The van der Waals surface area contributed by atoms with Crippen LogP contribution in [0, 0.1) is 0 Å². The number of primary amides is 1. The summed E-state index contributed by atoms with van der Waals surface area (Å²) in [4.78, 5) is 11.9. The number of carbonyl (C=O) groups excluding carboxylic acids is 1. The number of benzene rings is 3. The molecule has 0 saturated carbocycles. The Balaban J connectivity index is 1.91. The summed E-state index contributed by atoms with van der Waals surface area (Å²) < 4.78 is 66.6. The number of nitrogens with zero attached hydrogens (tertiary/aromatic N) is 2. The summed E-state index contributed by atoms with van der Waals surface area (Å²) in [6.45, 7) is 0. The SMILES string of the molecule is NC(=O)C1=NN(c2ccc(Cl)cc2Cl)C(c2ccccc2)C1S(=O)(=O)c1ccc(C(F)(F)F)cc1. The molecule has 1 amide bonds. The molecule has 0 aliphatic carbocycles. The number of nitrogens with two attached hydrogens (primary N) is 1. The molecule has 3 aromatic carbocycles. The Morgan fingerprint density at radius 2 is 1.60 bits per heavy atom. The van der Waals surface area contributed by atoms with E-state index in [-0.39, 0.29) is 10.7 Å². The summed E-state index contributed by atoms with van der Waals surface area (Å²) in [5.41, 5.74) is 4.74. The molecule has 2 N–H and O–H groups in total. The molecule has 4 rings (SSSR count). The molecule has 6 nitrogen and oxygen atoms in total. The van der Waals surface area contributed by atoms with Gasteiger partial charge in [0.1, 0.15) is 17.0 Å². The Morgan fingerprint density at radius 3 is 2.14 bits per heavy atom. The van der Waals surface area contributed by atoms with Gasteiger partial charge in [0.15, 0.2) is 9.84 Å². The highest BCUT2D eigenvalue weighted by atomic mass is 35.5. The molecule has 0 fully saturated rings. The van der Waals surface area contributed by atoms with Gasteiger partial charge in [0.25, 0.3) is 5.91 Å². The zero-order chi connectivity index (χ0) is 25.5. The smallest absolute Gasteiger partial charge is 0.364 e. The third-order valence-electron chi connectivity index (χ3n) is 5.43. The summed E-state index contributed by atoms with van der Waals surface area (Å²) in [6.07, 6.45) is -4.65. The zero-order valence-electron chi connectivity index (χ0n) is 17.6. The summed E-state index contributed by atoms with van der Waals surface area (Å²) in [7, 11) is -4.46. The minimum absolute atomic E-state index is 0.138. The second-order valence-corrected chi connectivity index (χ2v) is 10.5. The fraction of sp³-hybridized carbons (Fsp3) is 0.130. The van der Waals surface area contributed by atoms with Gasteiger partial charge in [0, 0.05) is 5.02 Å². The molecule has 2 unspecified atom stereocenters. The van der Waals surface area contributed by atoms with Crippen molar-refractivity contribution in [3.63, 3.8) is 0 Å². The molecule has 0 bridgehead atoms. The molecule has 12 heteroatoms. The molecule has 0 saturated heterocycles. The average Bonchev–Trinajstić information content (AvgIpc) is 3.21. The topological polar surface area (TPSA) is 92.8 Å². The maximum Gasteiger partial charge on any atom is 0.416 e. The van der Waals surface area contributed by atoms with E-state index in [0.29, 0.717) is 22.7 Å². The Hall–Kier alpha value is -3.08. The predicted octanol–water partition coefficient (Wildman–Crippen LogP) is 5.26. The first kappa shape index (κ1) is 25.0. The number of amides is 1. The Labute approximate surface area is 208 Å². The Kier molecular flexibility index (Phi) is 6.56. The van der Waals surface area contributed by atoms with E-state index in [4.69, 9.17) is 28.9 Å². The minimum Gasteiger partial charge on any atom is -0.364 e. The second kappa shape index (κ2) is 9.18. The van der Waals surface area contributed by atoms with E-state index >= 15 is 0 Å². The van der Waals surface area contributed by atoms with Crippen LogP contribution in [0.5, 0.6) is 0 Å². The van der Waals surface area contributed by atoms with Crippen molar-refractivity contribution in [2.45, 2.75) is 22.4 Å². The lowest BCUT2D eigenvalue weighted by atomic mass is 10.0. The molecule has 2 atom stereocenters. The van der Waals surface area contributed by atoms with Crippen LogP contribution in [0.15, 0.2) is 82.8 Å². The number of hydrogen-bond donors (Lipinski definition) is 1. The number of hydrogen-bond acceptors (Lipinski definition) is 5. The van der Waals surface area contributed by atoms with Crippen LogP contribution in [0.2, 0.25) is 10.0 Å². The number of alkyl halides is 3. The first-order valence-electron chi connectivity index (χ1n) is 10.00. The zero-order valence-corrected chi connectivity index (χ0v) is 19.9. The first-order valence-corrected chi connectivity index (χ1v) is 12.3. The largest absolute Gasteiger partial charge is 0.416 e. The molecular formula is C23H16Cl2F3N3O3S. The molecule has 1 aliphatic heterocycles. The maximum absolute atomic E-state index is 13.8. The van der Waals surface area contributed by atoms with Gasteiger partial charge in [-0.2, -0.15) is 18.3 Å². The van der Waals surface area contributed by atoms with Gasteiger partial charge >= 0.3 is 6.18 Å². The van der Waals surface area contributed by atoms with Crippen LogP contribution >= 0.6 is 23.2 Å². The van der Waals surface area contributed by atoms with Gasteiger partial charge in [-0.1, -0.05) is 53.5 Å². The van der Waals surface area contributed by atoms with Crippen LogP contribution in [0.3, 0.4) is 0 Å². The van der Waals surface area contributed by atoms with Gasteiger partial charge in [-0.3, -0.25) is 9.80 Å². The van der Waals surface area contributed by atoms with Crippen molar-refractivity contribution >= 4 is 50.3 Å². The fourth-order valence-corrected chi connectivity index (χ4v) is 6.21. The molecule has 0 spiro atoms. The summed E-state index contributed by atoms with van der Waals surface area (Å²) >= 11 is 12.4. The van der Waals surface area contributed by atoms with Crippen molar-refractivity contribution in [3.8, 4) is 0 Å². The first-order chi connectivity index (χ1) is 16.4. The van der Waals surface area contributed by atoms with Gasteiger partial charge < -0.3 is 5.73 Å². The van der Waals surface area contributed by atoms with Crippen molar-refractivity contribution < 1.29 is 26.4 Å². The van der Waals surface area contributed by atoms with Crippen LogP contribution in [-0.4, -0.2) is 25.3 Å². The molecule has 1 heterocycles. The van der Waals surface area contributed by atoms with Crippen LogP contribution in [-0.2, 0) is 20.8 Å². The van der Waals surface area contributed by atoms with Gasteiger partial charge in [-0.15, -0.1) is 0 Å². The van der Waals surface area contributed by atoms with E-state index in [0.717, 1.165) is 12.1 Å². The Morgan fingerprint density at radius 1 is 0.971 bits per heavy atom. The van der Waals surface area contributed by atoms with Crippen molar-refractivity contribution in [2.75, 3.05) is 5.01 Å². The predicted molar refractivity (Wildman–Crippen MR) is 127 cm³/mol. The van der Waals surface area contributed by atoms with E-state index in [2.05, 4.69) is 5.10 Å². The van der Waals surface area contributed by atoms with Crippen molar-refractivity contribution in [1.29, 1.82) is 0 Å². The van der Waals surface area contributed by atoms with Crippen LogP contribution < -0.4 is 10.7 Å². The van der Waals surface area contributed by atoms with Crippen LogP contribution in [0.4, 0.5) is 18.9 Å². The monoisotopic (exact) mass is 541 g/mol. The van der Waals surface area contributed by atoms with E-state index in [1.54, 1.807) is 30.3 Å². The molecule has 3 aromatic rings. The summed E-state index contributed by atoms with van der Waals surface area (Å²) in [5.74, 6) is -1.10. The number of hydrazone groups is 1. The third kappa shape index (κ3) is 4.73. The highest BCUT2D eigenvalue weighted by Gasteiger charge is 2.50. The average molecular weight is 542 g/mol. The lowest BCUT2D eigenvalue weighted by molar-refractivity contribution is -0.137. The highest BCUT2D eigenvalue weighted by molar-refractivity contribution is 7.93. The molecule has 182 valence electrons. The minimum atomic E-state index is -4.65.